The van der Waals surface area contributed by atoms with Crippen molar-refractivity contribution in [2.24, 2.45) is 11.8 Å². The molecule has 0 spiro atoms. The Bertz CT molecular complexity index is 281. The van der Waals surface area contributed by atoms with Gasteiger partial charge in [0.1, 0.15) is 0 Å². The van der Waals surface area contributed by atoms with Crippen LogP contribution in [-0.4, -0.2) is 19.2 Å². The first kappa shape index (κ1) is 19.2. The monoisotopic (exact) mass is 495 g/mol. The van der Waals surface area contributed by atoms with E-state index in [9.17, 15) is 0 Å². The third-order valence-corrected chi connectivity index (χ3v) is 9.48. The fraction of sp³-hybridized carbons (Fsp3) is 0.923. The van der Waals surface area contributed by atoms with E-state index in [1.807, 2.05) is 0 Å². The summed E-state index contributed by atoms with van der Waals surface area (Å²) >= 11 is 3.47. The first-order valence-electron chi connectivity index (χ1n) is 6.14. The Morgan fingerprint density at radius 1 is 0.944 bits per heavy atom. The van der Waals surface area contributed by atoms with E-state index in [-0.39, 0.29) is 11.1 Å². The Morgan fingerprint density at radius 2 is 1.22 bits per heavy atom. The fourth-order valence-corrected chi connectivity index (χ4v) is 4.64. The SMILES string of the molecule is CC(C)C(C)(C)N([C](=S)[Au]([Cl])[Cl])C(C)(C)C(C)C. The maximum atomic E-state index is 6.18. The van der Waals surface area contributed by atoms with Crippen LogP contribution in [0.4, 0.5) is 0 Å². The second-order valence-corrected chi connectivity index (χ2v) is 14.3. The van der Waals surface area contributed by atoms with Gasteiger partial charge < -0.3 is 0 Å². The van der Waals surface area contributed by atoms with Gasteiger partial charge in [0.05, 0.1) is 0 Å². The molecular weight excluding hydrogens is 470 g/mol. The third kappa shape index (κ3) is 4.10. The quantitative estimate of drug-likeness (QED) is 0.372. The van der Waals surface area contributed by atoms with Crippen LogP contribution in [0.3, 0.4) is 0 Å². The van der Waals surface area contributed by atoms with E-state index in [2.05, 4.69) is 60.3 Å². The number of halogens is 2. The molecule has 0 bridgehead atoms. The summed E-state index contributed by atoms with van der Waals surface area (Å²) in [6.07, 6.45) is 0. The van der Waals surface area contributed by atoms with Gasteiger partial charge in [-0.2, -0.15) is 0 Å². The summed E-state index contributed by atoms with van der Waals surface area (Å²) in [5.74, 6) is 0.937. The van der Waals surface area contributed by atoms with Gasteiger partial charge in [-0.1, -0.05) is 0 Å². The van der Waals surface area contributed by atoms with Crippen LogP contribution in [0.15, 0.2) is 0 Å². The van der Waals surface area contributed by atoms with E-state index in [1.165, 1.54) is 0 Å². The van der Waals surface area contributed by atoms with Gasteiger partial charge in [-0.15, -0.1) is 0 Å². The molecule has 0 fully saturated rings. The summed E-state index contributed by atoms with van der Waals surface area (Å²) in [7, 11) is 12.4. The van der Waals surface area contributed by atoms with Crippen LogP contribution in [0, 0.1) is 11.8 Å². The predicted molar refractivity (Wildman–Crippen MR) is 84.0 cm³/mol. The fourth-order valence-electron chi connectivity index (χ4n) is 1.72. The number of rotatable bonds is 5. The van der Waals surface area contributed by atoms with Gasteiger partial charge in [-0.05, 0) is 0 Å². The molecule has 0 radical (unpaired) electrons. The van der Waals surface area contributed by atoms with Gasteiger partial charge >= 0.3 is 133 Å². The van der Waals surface area contributed by atoms with Crippen molar-refractivity contribution in [3.05, 3.63) is 0 Å². The second-order valence-electron chi connectivity index (χ2n) is 6.33. The van der Waals surface area contributed by atoms with Crippen molar-refractivity contribution in [3.8, 4) is 0 Å². The summed E-state index contributed by atoms with van der Waals surface area (Å²) in [5, 5.41) is 0. The van der Waals surface area contributed by atoms with Gasteiger partial charge in [0.15, 0.2) is 0 Å². The van der Waals surface area contributed by atoms with Crippen molar-refractivity contribution in [2.45, 2.75) is 66.5 Å². The molecule has 0 heterocycles. The van der Waals surface area contributed by atoms with Crippen LogP contribution in [0.1, 0.15) is 55.4 Å². The van der Waals surface area contributed by atoms with Gasteiger partial charge in [0, 0.05) is 0 Å². The molecule has 0 aromatic rings. The number of hydrogen-bond donors (Lipinski definition) is 0. The van der Waals surface area contributed by atoms with E-state index in [0.717, 1.165) is 3.21 Å². The van der Waals surface area contributed by atoms with Gasteiger partial charge in [-0.25, -0.2) is 0 Å². The van der Waals surface area contributed by atoms with E-state index in [4.69, 9.17) is 30.6 Å². The normalized spacial score (nSPS) is 14.1. The first-order chi connectivity index (χ1) is 7.86. The Kier molecular flexibility index (Phi) is 7.23. The molecule has 0 aliphatic heterocycles. The van der Waals surface area contributed by atoms with E-state index in [1.54, 1.807) is 0 Å². The van der Waals surface area contributed by atoms with Crippen molar-refractivity contribution >= 4 is 33.8 Å². The van der Waals surface area contributed by atoms with E-state index < -0.39 is 16.3 Å². The van der Waals surface area contributed by atoms with Crippen LogP contribution >= 0.6 is 30.6 Å². The number of hydrogen-bond acceptors (Lipinski definition) is 1. The summed E-state index contributed by atoms with van der Waals surface area (Å²) in [4.78, 5) is 2.30. The molecule has 0 atom stereocenters. The molecule has 5 heteroatoms. The maximum absolute atomic E-state index is 6.18. The van der Waals surface area contributed by atoms with Crippen LogP contribution in [0.2, 0.25) is 0 Å². The van der Waals surface area contributed by atoms with Crippen LogP contribution in [0.5, 0.6) is 0 Å². The van der Waals surface area contributed by atoms with Crippen LogP contribution in [0.25, 0.3) is 0 Å². The molecule has 0 saturated heterocycles. The topological polar surface area (TPSA) is 3.24 Å². The van der Waals surface area contributed by atoms with Gasteiger partial charge in [-0.3, -0.25) is 0 Å². The average molecular weight is 496 g/mol. The summed E-state index contributed by atoms with van der Waals surface area (Å²) < 4.78 is 0.769. The van der Waals surface area contributed by atoms with Crippen LogP contribution < -0.4 is 0 Å². The van der Waals surface area contributed by atoms with E-state index in [0.29, 0.717) is 11.8 Å². The molecule has 1 nitrogen and oxygen atoms in total. The van der Waals surface area contributed by atoms with Crippen molar-refractivity contribution in [1.29, 1.82) is 0 Å². The van der Waals surface area contributed by atoms with Crippen molar-refractivity contribution in [1.82, 2.24) is 4.90 Å². The van der Waals surface area contributed by atoms with Crippen molar-refractivity contribution in [2.75, 3.05) is 0 Å². The number of nitrogens with zero attached hydrogens (tertiary/aromatic N) is 1. The minimum atomic E-state index is -2.09. The molecule has 0 N–H and O–H groups in total. The molecule has 0 aliphatic rings. The third-order valence-electron chi connectivity index (χ3n) is 4.23. The van der Waals surface area contributed by atoms with Crippen molar-refractivity contribution < 1.29 is 16.3 Å². The zero-order valence-corrected chi connectivity index (χ0v) is 17.1. The molecule has 18 heavy (non-hydrogen) atoms. The molecule has 0 rings (SSSR count). The minimum absolute atomic E-state index is 0.0534. The van der Waals surface area contributed by atoms with Gasteiger partial charge in [0.25, 0.3) is 0 Å². The molecular formula is C13H26AuCl2NS. The molecule has 0 aromatic carbocycles. The number of thiocarbonyl (C=S) groups is 1. The average Bonchev–Trinajstić information content (AvgIpc) is 2.15. The summed E-state index contributed by atoms with van der Waals surface area (Å²) in [6.45, 7) is 17.7. The Balaban J connectivity index is 5.67. The molecule has 0 saturated carbocycles. The van der Waals surface area contributed by atoms with E-state index >= 15 is 0 Å². The predicted octanol–water partition coefficient (Wildman–Crippen LogP) is 5.37. The first-order valence-corrected chi connectivity index (χ1v) is 13.0. The molecule has 0 aliphatic carbocycles. The summed E-state index contributed by atoms with van der Waals surface area (Å²) in [5.41, 5.74) is -0.107. The zero-order valence-electron chi connectivity index (χ0n) is 12.6. The summed E-state index contributed by atoms with van der Waals surface area (Å²) in [6, 6.07) is 0. The molecule has 0 unspecified atom stereocenters. The van der Waals surface area contributed by atoms with Crippen molar-refractivity contribution in [3.63, 3.8) is 0 Å². The Morgan fingerprint density at radius 3 is 1.39 bits per heavy atom. The molecule has 0 aromatic heterocycles. The van der Waals surface area contributed by atoms with Crippen LogP contribution in [-0.2, 0) is 16.3 Å². The molecule has 114 valence electrons. The molecule has 0 amide bonds. The zero-order chi connectivity index (χ0) is 14.9. The standard InChI is InChI=1S/C13H26NS.Au.2ClH/c1-10(2)12(5,6)14(9-15)13(7,8)11(3)4;;;/h10-11H,1-8H3;;2*1H/q;+2;;/p-2. The Hall–Kier alpha value is 1.21. The van der Waals surface area contributed by atoms with Gasteiger partial charge in [0.2, 0.25) is 0 Å². The second kappa shape index (κ2) is 6.78. The Labute approximate surface area is 132 Å².